The molecule has 3 aromatic rings. The molecular weight excluding hydrogens is 322 g/mol. The molecule has 0 bridgehead atoms. The molecule has 0 unspecified atom stereocenters. The number of nitrogens with one attached hydrogen (secondary N) is 1. The summed E-state index contributed by atoms with van der Waals surface area (Å²) in [7, 11) is 0. The van der Waals surface area contributed by atoms with Gasteiger partial charge in [0, 0.05) is 0 Å². The van der Waals surface area contributed by atoms with Gasteiger partial charge < -0.3 is 14.5 Å². The molecule has 0 aliphatic rings. The molecule has 0 fully saturated rings. The van der Waals surface area contributed by atoms with Crippen LogP contribution in [0.2, 0.25) is 0 Å². The number of rotatable bonds is 6. The molecule has 128 valence electrons. The Balaban J connectivity index is 1.94. The number of nitrogens with zero attached hydrogens (tertiary/aromatic N) is 2. The molecule has 25 heavy (non-hydrogen) atoms. The third-order valence-electron chi connectivity index (χ3n) is 3.41. The summed E-state index contributed by atoms with van der Waals surface area (Å²) in [4.78, 5) is 24.6. The second-order valence-electron chi connectivity index (χ2n) is 5.14. The molecule has 0 spiro atoms. The van der Waals surface area contributed by atoms with E-state index >= 15 is 0 Å². The van der Waals surface area contributed by atoms with Crippen molar-refractivity contribution in [2.24, 2.45) is 0 Å². The lowest BCUT2D eigenvalue weighted by Gasteiger charge is -2.13. The minimum atomic E-state index is -0.575. The van der Waals surface area contributed by atoms with Gasteiger partial charge in [0.2, 0.25) is 11.3 Å². The SMILES string of the molecule is CCOc1cc(=O)c(C(=O)NCc2ccco2)nn1-c1ccccc1. The van der Waals surface area contributed by atoms with Crippen LogP contribution in [0.5, 0.6) is 5.88 Å². The van der Waals surface area contributed by atoms with E-state index in [1.807, 2.05) is 37.3 Å². The van der Waals surface area contributed by atoms with E-state index < -0.39 is 11.3 Å². The van der Waals surface area contributed by atoms with E-state index in [0.717, 1.165) is 0 Å². The number of aromatic nitrogens is 2. The van der Waals surface area contributed by atoms with Gasteiger partial charge in [0.05, 0.1) is 31.2 Å². The third kappa shape index (κ3) is 3.77. The van der Waals surface area contributed by atoms with E-state index in [2.05, 4.69) is 10.4 Å². The number of amides is 1. The van der Waals surface area contributed by atoms with Crippen molar-refractivity contribution >= 4 is 5.91 Å². The highest BCUT2D eigenvalue weighted by Gasteiger charge is 2.17. The van der Waals surface area contributed by atoms with Crippen LogP contribution in [0.4, 0.5) is 0 Å². The topological polar surface area (TPSA) is 86.4 Å². The van der Waals surface area contributed by atoms with Crippen molar-refractivity contribution < 1.29 is 13.9 Å². The normalized spacial score (nSPS) is 10.4. The molecule has 7 heteroatoms. The second-order valence-corrected chi connectivity index (χ2v) is 5.14. The quantitative estimate of drug-likeness (QED) is 0.744. The van der Waals surface area contributed by atoms with Crippen LogP contribution in [0.3, 0.4) is 0 Å². The average Bonchev–Trinajstić information content (AvgIpc) is 3.14. The van der Waals surface area contributed by atoms with Gasteiger partial charge in [-0.2, -0.15) is 5.10 Å². The van der Waals surface area contributed by atoms with Crippen LogP contribution >= 0.6 is 0 Å². The van der Waals surface area contributed by atoms with Crippen LogP contribution in [0.1, 0.15) is 23.2 Å². The smallest absolute Gasteiger partial charge is 0.276 e. The van der Waals surface area contributed by atoms with Gasteiger partial charge in [0.25, 0.3) is 5.91 Å². The Bertz CT molecular complexity index is 902. The highest BCUT2D eigenvalue weighted by Crippen LogP contribution is 2.15. The Morgan fingerprint density at radius 2 is 2.04 bits per heavy atom. The zero-order chi connectivity index (χ0) is 17.6. The molecule has 0 atom stereocenters. The summed E-state index contributed by atoms with van der Waals surface area (Å²) >= 11 is 0. The van der Waals surface area contributed by atoms with Gasteiger partial charge >= 0.3 is 0 Å². The van der Waals surface area contributed by atoms with Gasteiger partial charge in [-0.25, -0.2) is 4.68 Å². The summed E-state index contributed by atoms with van der Waals surface area (Å²) in [6, 6.07) is 13.9. The predicted molar refractivity (Wildman–Crippen MR) is 90.9 cm³/mol. The molecule has 1 aromatic carbocycles. The Kier molecular flexibility index (Phi) is 4.94. The van der Waals surface area contributed by atoms with Crippen LogP contribution in [-0.4, -0.2) is 22.3 Å². The Morgan fingerprint density at radius 3 is 2.72 bits per heavy atom. The number of carbonyl (C=O) groups excluding carboxylic acids is 1. The first-order valence-electron chi connectivity index (χ1n) is 7.82. The molecule has 7 nitrogen and oxygen atoms in total. The highest BCUT2D eigenvalue weighted by atomic mass is 16.5. The van der Waals surface area contributed by atoms with Crippen LogP contribution in [0.25, 0.3) is 5.69 Å². The lowest BCUT2D eigenvalue weighted by Crippen LogP contribution is -2.31. The minimum absolute atomic E-state index is 0.172. The molecule has 0 aliphatic carbocycles. The summed E-state index contributed by atoms with van der Waals surface area (Å²) in [5.74, 6) is 0.290. The Morgan fingerprint density at radius 1 is 1.24 bits per heavy atom. The Hall–Kier alpha value is -3.35. The van der Waals surface area contributed by atoms with Crippen molar-refractivity contribution in [3.05, 3.63) is 76.5 Å². The van der Waals surface area contributed by atoms with E-state index in [1.165, 1.54) is 17.0 Å². The lowest BCUT2D eigenvalue weighted by molar-refractivity contribution is 0.0939. The molecular formula is C18H17N3O4. The largest absolute Gasteiger partial charge is 0.478 e. The number of ether oxygens (including phenoxy) is 1. The monoisotopic (exact) mass is 339 g/mol. The maximum absolute atomic E-state index is 12.3. The first-order valence-corrected chi connectivity index (χ1v) is 7.82. The molecule has 0 saturated heterocycles. The van der Waals surface area contributed by atoms with Crippen molar-refractivity contribution in [1.29, 1.82) is 0 Å². The van der Waals surface area contributed by atoms with Gasteiger partial charge in [0.15, 0.2) is 5.69 Å². The van der Waals surface area contributed by atoms with Gasteiger partial charge in [-0.05, 0) is 31.2 Å². The van der Waals surface area contributed by atoms with Gasteiger partial charge in [-0.3, -0.25) is 9.59 Å². The van der Waals surface area contributed by atoms with Gasteiger partial charge in [-0.15, -0.1) is 0 Å². The van der Waals surface area contributed by atoms with E-state index in [9.17, 15) is 9.59 Å². The molecule has 0 aliphatic heterocycles. The predicted octanol–water partition coefficient (Wildman–Crippen LogP) is 2.15. The molecule has 0 radical (unpaired) electrons. The fraction of sp³-hybridized carbons (Fsp3) is 0.167. The molecule has 3 rings (SSSR count). The van der Waals surface area contributed by atoms with E-state index in [0.29, 0.717) is 18.1 Å². The van der Waals surface area contributed by atoms with E-state index in [4.69, 9.17) is 9.15 Å². The summed E-state index contributed by atoms with van der Waals surface area (Å²) in [6.45, 7) is 2.35. The second kappa shape index (κ2) is 7.48. The average molecular weight is 339 g/mol. The summed E-state index contributed by atoms with van der Waals surface area (Å²) in [5.41, 5.74) is -0.0301. The van der Waals surface area contributed by atoms with Gasteiger partial charge in [0.1, 0.15) is 5.76 Å². The number of furan rings is 1. The Labute approximate surface area is 143 Å². The van der Waals surface area contributed by atoms with Crippen LogP contribution in [0, 0.1) is 0 Å². The fourth-order valence-electron chi connectivity index (χ4n) is 2.27. The standard InChI is InChI=1S/C18H17N3O4/c1-2-24-16-11-15(22)17(18(23)19-12-14-9-6-10-25-14)20-21(16)13-7-4-3-5-8-13/h3-11H,2,12H2,1H3,(H,19,23). The highest BCUT2D eigenvalue weighted by molar-refractivity contribution is 5.92. The summed E-state index contributed by atoms with van der Waals surface area (Å²) < 4.78 is 12.1. The zero-order valence-corrected chi connectivity index (χ0v) is 13.6. The van der Waals surface area contributed by atoms with E-state index in [1.54, 1.807) is 12.1 Å². The van der Waals surface area contributed by atoms with Crippen molar-refractivity contribution in [2.75, 3.05) is 6.61 Å². The van der Waals surface area contributed by atoms with E-state index in [-0.39, 0.29) is 18.1 Å². The molecule has 2 aromatic heterocycles. The van der Waals surface area contributed by atoms with Crippen LogP contribution < -0.4 is 15.5 Å². The molecule has 1 amide bonds. The van der Waals surface area contributed by atoms with Crippen LogP contribution in [0.15, 0.2) is 64.0 Å². The van der Waals surface area contributed by atoms with Crippen LogP contribution in [-0.2, 0) is 6.54 Å². The molecule has 2 heterocycles. The lowest BCUT2D eigenvalue weighted by atomic mass is 10.3. The number of benzene rings is 1. The first-order chi connectivity index (χ1) is 12.2. The molecule has 1 N–H and O–H groups in total. The number of carbonyl (C=O) groups is 1. The number of hydrogen-bond donors (Lipinski definition) is 1. The summed E-state index contributed by atoms with van der Waals surface area (Å²) in [6.07, 6.45) is 1.51. The summed E-state index contributed by atoms with van der Waals surface area (Å²) in [5, 5.41) is 6.82. The zero-order valence-electron chi connectivity index (χ0n) is 13.6. The number of para-hydroxylation sites is 1. The van der Waals surface area contributed by atoms with Crippen molar-refractivity contribution in [2.45, 2.75) is 13.5 Å². The molecule has 0 saturated carbocycles. The maximum Gasteiger partial charge on any atom is 0.276 e. The number of hydrogen-bond acceptors (Lipinski definition) is 5. The van der Waals surface area contributed by atoms with Crippen molar-refractivity contribution in [3.8, 4) is 11.6 Å². The van der Waals surface area contributed by atoms with Gasteiger partial charge in [-0.1, -0.05) is 18.2 Å². The third-order valence-corrected chi connectivity index (χ3v) is 3.41. The first kappa shape index (κ1) is 16.5. The van der Waals surface area contributed by atoms with Crippen molar-refractivity contribution in [3.63, 3.8) is 0 Å². The van der Waals surface area contributed by atoms with Crippen molar-refractivity contribution in [1.82, 2.24) is 15.1 Å². The minimum Gasteiger partial charge on any atom is -0.478 e. The maximum atomic E-state index is 12.3. The fourth-order valence-corrected chi connectivity index (χ4v) is 2.27.